The molecule has 1 aromatic heterocycles. The Balaban J connectivity index is 1.67. The van der Waals surface area contributed by atoms with Crippen molar-refractivity contribution in [2.75, 3.05) is 18.5 Å². The summed E-state index contributed by atoms with van der Waals surface area (Å²) in [6.45, 7) is 0.406. The van der Waals surface area contributed by atoms with Crippen LogP contribution in [0.3, 0.4) is 0 Å². The second-order valence-corrected chi connectivity index (χ2v) is 8.41. The van der Waals surface area contributed by atoms with E-state index in [4.69, 9.17) is 9.47 Å². The van der Waals surface area contributed by atoms with Crippen molar-refractivity contribution in [3.8, 4) is 5.75 Å². The van der Waals surface area contributed by atoms with Crippen molar-refractivity contribution in [3.63, 3.8) is 0 Å². The van der Waals surface area contributed by atoms with Crippen LogP contribution in [0.25, 0.3) is 0 Å². The van der Waals surface area contributed by atoms with Crippen molar-refractivity contribution in [1.29, 1.82) is 0 Å². The predicted octanol–water partition coefficient (Wildman–Crippen LogP) is 4.45. The Bertz CT molecular complexity index is 1010. The molecule has 1 heterocycles. The number of amides is 1. The normalized spacial score (nSPS) is 15.1. The summed E-state index contributed by atoms with van der Waals surface area (Å²) in [6.07, 6.45) is 2.48. The van der Waals surface area contributed by atoms with E-state index in [9.17, 15) is 23.2 Å². The van der Waals surface area contributed by atoms with Crippen molar-refractivity contribution in [3.05, 3.63) is 45.8 Å². The van der Waals surface area contributed by atoms with Crippen LogP contribution in [0.2, 0.25) is 0 Å². The number of esters is 2. The fourth-order valence-electron chi connectivity index (χ4n) is 3.43. The van der Waals surface area contributed by atoms with Gasteiger partial charge in [0.25, 0.3) is 5.91 Å². The van der Waals surface area contributed by atoms with Gasteiger partial charge in [-0.1, -0.05) is 13.0 Å². The molecule has 0 unspecified atom stereocenters. The summed E-state index contributed by atoms with van der Waals surface area (Å²) in [4.78, 5) is 38.1. The topological polar surface area (TPSA) is 90.9 Å². The number of fused-ring (bicyclic) bond motifs is 1. The van der Waals surface area contributed by atoms with Crippen LogP contribution >= 0.6 is 11.3 Å². The smallest absolute Gasteiger partial charge is 0.387 e. The van der Waals surface area contributed by atoms with E-state index in [2.05, 4.69) is 17.0 Å². The van der Waals surface area contributed by atoms with Gasteiger partial charge < -0.3 is 19.5 Å². The highest BCUT2D eigenvalue weighted by molar-refractivity contribution is 7.17. The molecule has 0 saturated heterocycles. The van der Waals surface area contributed by atoms with Crippen LogP contribution in [-0.4, -0.2) is 37.7 Å². The maximum atomic E-state index is 12.5. The maximum absolute atomic E-state index is 12.5. The number of ether oxygens (including phenoxy) is 3. The quantitative estimate of drug-likeness (QED) is 0.577. The monoisotopic (exact) mass is 467 g/mol. The van der Waals surface area contributed by atoms with Crippen LogP contribution < -0.4 is 10.1 Å². The highest BCUT2D eigenvalue weighted by atomic mass is 32.1. The molecule has 2 aromatic rings. The second kappa shape index (κ2) is 10.5. The minimum atomic E-state index is -3.03. The first-order valence-electron chi connectivity index (χ1n) is 10.1. The number of thiophene rings is 1. The van der Waals surface area contributed by atoms with Gasteiger partial charge >= 0.3 is 18.6 Å². The zero-order chi connectivity index (χ0) is 23.3. The van der Waals surface area contributed by atoms with E-state index in [1.165, 1.54) is 29.5 Å². The van der Waals surface area contributed by atoms with Crippen molar-refractivity contribution < 1.29 is 37.4 Å². The molecule has 1 N–H and O–H groups in total. The van der Waals surface area contributed by atoms with Gasteiger partial charge in [-0.3, -0.25) is 4.79 Å². The Labute approximate surface area is 187 Å². The van der Waals surface area contributed by atoms with E-state index < -0.39 is 31.1 Å². The highest BCUT2D eigenvalue weighted by Gasteiger charge is 2.29. The van der Waals surface area contributed by atoms with E-state index in [1.54, 1.807) is 6.92 Å². The summed E-state index contributed by atoms with van der Waals surface area (Å²) in [5, 5.41) is 3.02. The third kappa shape index (κ3) is 5.82. The van der Waals surface area contributed by atoms with Crippen molar-refractivity contribution in [1.82, 2.24) is 0 Å². The number of carbonyl (C=O) groups is 3. The van der Waals surface area contributed by atoms with E-state index in [1.807, 2.05) is 0 Å². The number of alkyl halides is 2. The largest absolute Gasteiger partial charge is 0.462 e. The molecule has 3 rings (SSSR count). The Morgan fingerprint density at radius 3 is 2.72 bits per heavy atom. The van der Waals surface area contributed by atoms with E-state index in [-0.39, 0.29) is 17.9 Å². The summed E-state index contributed by atoms with van der Waals surface area (Å²) in [5.74, 6) is -1.72. The fraction of sp³-hybridized carbons (Fsp3) is 0.409. The number of carbonyl (C=O) groups excluding carboxylic acids is 3. The minimum absolute atomic E-state index is 0.0382. The van der Waals surface area contributed by atoms with Crippen LogP contribution in [0.15, 0.2) is 24.3 Å². The highest BCUT2D eigenvalue weighted by Crippen LogP contribution is 2.40. The number of halogens is 2. The van der Waals surface area contributed by atoms with Gasteiger partial charge in [-0.05, 0) is 55.9 Å². The molecular formula is C22H23F2NO6S. The summed E-state index contributed by atoms with van der Waals surface area (Å²) >= 11 is 1.33. The van der Waals surface area contributed by atoms with Crippen LogP contribution in [0.5, 0.6) is 5.75 Å². The van der Waals surface area contributed by atoms with Gasteiger partial charge in [0, 0.05) is 4.88 Å². The number of nitrogens with one attached hydrogen (secondary N) is 1. The average Bonchev–Trinajstić information content (AvgIpc) is 3.08. The van der Waals surface area contributed by atoms with Gasteiger partial charge in [-0.15, -0.1) is 11.3 Å². The predicted molar refractivity (Wildman–Crippen MR) is 113 cm³/mol. The molecule has 1 aliphatic rings. The maximum Gasteiger partial charge on any atom is 0.387 e. The molecule has 0 bridgehead atoms. The number of anilines is 1. The molecule has 0 spiro atoms. The van der Waals surface area contributed by atoms with Gasteiger partial charge in [-0.25, -0.2) is 9.59 Å². The Morgan fingerprint density at radius 2 is 2.00 bits per heavy atom. The first-order chi connectivity index (χ1) is 15.3. The SMILES string of the molecule is CCOC(=O)c1c(NC(=O)COC(=O)c2cccc(OC(F)F)c2)sc2c1CC[C@@H](C)C2. The molecule has 1 aromatic carbocycles. The zero-order valence-corrected chi connectivity index (χ0v) is 18.4. The van der Waals surface area contributed by atoms with Crippen molar-refractivity contribution >= 4 is 34.2 Å². The minimum Gasteiger partial charge on any atom is -0.462 e. The number of benzene rings is 1. The van der Waals surface area contributed by atoms with Crippen LogP contribution in [-0.2, 0) is 27.1 Å². The molecule has 10 heteroatoms. The van der Waals surface area contributed by atoms with Crippen LogP contribution in [0.1, 0.15) is 51.4 Å². The van der Waals surface area contributed by atoms with Gasteiger partial charge in [0.2, 0.25) is 0 Å². The number of rotatable bonds is 8. The summed E-state index contributed by atoms with van der Waals surface area (Å²) < 4.78 is 39.1. The van der Waals surface area contributed by atoms with Crippen molar-refractivity contribution in [2.45, 2.75) is 39.7 Å². The third-order valence-electron chi connectivity index (χ3n) is 4.87. The Kier molecular flexibility index (Phi) is 7.79. The second-order valence-electron chi connectivity index (χ2n) is 7.31. The van der Waals surface area contributed by atoms with E-state index in [0.717, 1.165) is 35.8 Å². The zero-order valence-electron chi connectivity index (χ0n) is 17.6. The van der Waals surface area contributed by atoms with E-state index in [0.29, 0.717) is 16.5 Å². The third-order valence-corrected chi connectivity index (χ3v) is 6.04. The first-order valence-corrected chi connectivity index (χ1v) is 10.9. The molecule has 1 amide bonds. The molecule has 7 nitrogen and oxygen atoms in total. The molecule has 172 valence electrons. The van der Waals surface area contributed by atoms with Crippen LogP contribution in [0, 0.1) is 5.92 Å². The van der Waals surface area contributed by atoms with Gasteiger partial charge in [0.05, 0.1) is 17.7 Å². The first kappa shape index (κ1) is 23.6. The van der Waals surface area contributed by atoms with Gasteiger partial charge in [0.15, 0.2) is 6.61 Å². The lowest BCUT2D eigenvalue weighted by atomic mass is 9.88. The van der Waals surface area contributed by atoms with Gasteiger partial charge in [0.1, 0.15) is 10.8 Å². The Hall–Kier alpha value is -3.01. The van der Waals surface area contributed by atoms with Crippen molar-refractivity contribution in [2.24, 2.45) is 5.92 Å². The Morgan fingerprint density at radius 1 is 1.22 bits per heavy atom. The lowest BCUT2D eigenvalue weighted by molar-refractivity contribution is -0.119. The molecule has 0 aliphatic heterocycles. The van der Waals surface area contributed by atoms with Gasteiger partial charge in [-0.2, -0.15) is 8.78 Å². The molecule has 1 aliphatic carbocycles. The van der Waals surface area contributed by atoms with E-state index >= 15 is 0 Å². The molecule has 0 saturated carbocycles. The number of hydrogen-bond acceptors (Lipinski definition) is 7. The molecule has 0 fully saturated rings. The fourth-order valence-corrected chi connectivity index (χ4v) is 4.85. The number of hydrogen-bond donors (Lipinski definition) is 1. The molecule has 1 atom stereocenters. The molecule has 0 radical (unpaired) electrons. The van der Waals surface area contributed by atoms with Crippen LogP contribution in [0.4, 0.5) is 13.8 Å². The lowest BCUT2D eigenvalue weighted by Crippen LogP contribution is -2.22. The summed E-state index contributed by atoms with van der Waals surface area (Å²) in [7, 11) is 0. The average molecular weight is 467 g/mol. The molecule has 32 heavy (non-hydrogen) atoms. The lowest BCUT2D eigenvalue weighted by Gasteiger charge is -2.18. The standard InChI is InChI=1S/C22H23F2NO6S/c1-3-29-21(28)18-15-8-7-12(2)9-16(15)32-19(18)25-17(26)11-30-20(27)13-5-4-6-14(10-13)31-22(23)24/h4-6,10,12,22H,3,7-9,11H2,1-2H3,(H,25,26)/t12-/m1/s1. The molecular weight excluding hydrogens is 444 g/mol. The summed E-state index contributed by atoms with van der Waals surface area (Å²) in [5.41, 5.74) is 1.22. The summed E-state index contributed by atoms with van der Waals surface area (Å²) in [6, 6.07) is 5.08.